The zero-order chi connectivity index (χ0) is 14.7. The van der Waals surface area contributed by atoms with E-state index in [9.17, 15) is 0 Å². The molecule has 2 aromatic rings. The van der Waals surface area contributed by atoms with Gasteiger partial charge in [-0.15, -0.1) is 11.3 Å². The van der Waals surface area contributed by atoms with Crippen molar-refractivity contribution >= 4 is 28.8 Å². The molecular weight excluding hydrogens is 290 g/mol. The zero-order valence-corrected chi connectivity index (χ0v) is 13.9. The van der Waals surface area contributed by atoms with Crippen LogP contribution in [0.4, 0.5) is 5.82 Å². The number of hydrogen-bond acceptors (Lipinski definition) is 4. The zero-order valence-electron chi connectivity index (χ0n) is 12.4. The maximum atomic E-state index is 6.27. The molecule has 20 heavy (non-hydrogen) atoms. The van der Waals surface area contributed by atoms with Gasteiger partial charge in [-0.05, 0) is 25.3 Å². The van der Waals surface area contributed by atoms with Crippen LogP contribution in [0, 0.1) is 6.92 Å². The lowest BCUT2D eigenvalue weighted by Crippen LogP contribution is -2.24. The Bertz CT molecular complexity index is 567. The minimum Gasteiger partial charge on any atom is -0.351 e. The summed E-state index contributed by atoms with van der Waals surface area (Å²) >= 11 is 8.03. The molecular formula is C15H20ClN3S. The van der Waals surface area contributed by atoms with Crippen LogP contribution in [0.2, 0.25) is 5.15 Å². The molecule has 0 saturated carbocycles. The topological polar surface area (TPSA) is 29.0 Å². The number of halogens is 1. The van der Waals surface area contributed by atoms with E-state index >= 15 is 0 Å². The van der Waals surface area contributed by atoms with Gasteiger partial charge in [0.1, 0.15) is 16.8 Å². The van der Waals surface area contributed by atoms with E-state index in [-0.39, 0.29) is 5.92 Å². The first-order valence-electron chi connectivity index (χ1n) is 6.84. The molecule has 0 amide bonds. The Morgan fingerprint density at radius 2 is 2.10 bits per heavy atom. The summed E-state index contributed by atoms with van der Waals surface area (Å²) in [5.41, 5.74) is 0.953. The monoisotopic (exact) mass is 309 g/mol. The second-order valence-electron chi connectivity index (χ2n) is 5.07. The molecule has 2 rings (SSSR count). The number of hydrogen-bond donors (Lipinski definition) is 0. The number of anilines is 1. The molecule has 2 aromatic heterocycles. The highest BCUT2D eigenvalue weighted by Gasteiger charge is 2.16. The van der Waals surface area contributed by atoms with Crippen LogP contribution in [0.1, 0.15) is 43.0 Å². The maximum Gasteiger partial charge on any atom is 0.137 e. The van der Waals surface area contributed by atoms with Gasteiger partial charge in [0.15, 0.2) is 0 Å². The predicted octanol–water partition coefficient (Wildman–Crippen LogP) is 4.65. The van der Waals surface area contributed by atoms with Crippen LogP contribution in [0.5, 0.6) is 0 Å². The molecule has 0 N–H and O–H groups in total. The minimum atomic E-state index is 0.271. The van der Waals surface area contributed by atoms with Gasteiger partial charge in [-0.3, -0.25) is 0 Å². The van der Waals surface area contributed by atoms with Gasteiger partial charge in [0.25, 0.3) is 0 Å². The third-order valence-corrected chi connectivity index (χ3v) is 4.43. The van der Waals surface area contributed by atoms with Crippen LogP contribution >= 0.6 is 22.9 Å². The van der Waals surface area contributed by atoms with E-state index in [4.69, 9.17) is 16.6 Å². The Labute approximate surface area is 129 Å². The molecule has 0 aliphatic carbocycles. The van der Waals surface area contributed by atoms with E-state index in [2.05, 4.69) is 48.2 Å². The summed E-state index contributed by atoms with van der Waals surface area (Å²) in [5, 5.41) is 2.66. The van der Waals surface area contributed by atoms with Crippen molar-refractivity contribution in [3.05, 3.63) is 38.9 Å². The van der Waals surface area contributed by atoms with Crippen LogP contribution in [0.15, 0.2) is 17.5 Å². The van der Waals surface area contributed by atoms with Gasteiger partial charge in [-0.2, -0.15) is 0 Å². The van der Waals surface area contributed by atoms with Gasteiger partial charge in [0, 0.05) is 22.9 Å². The third kappa shape index (κ3) is 3.30. The van der Waals surface area contributed by atoms with E-state index in [0.717, 1.165) is 30.3 Å². The fourth-order valence-electron chi connectivity index (χ4n) is 1.99. The Kier molecular flexibility index (Phi) is 5.00. The maximum absolute atomic E-state index is 6.27. The molecule has 0 aliphatic rings. The fourth-order valence-corrected chi connectivity index (χ4v) is 2.88. The molecule has 0 aromatic carbocycles. The summed E-state index contributed by atoms with van der Waals surface area (Å²) in [7, 11) is 0. The van der Waals surface area contributed by atoms with Crippen molar-refractivity contribution in [3.63, 3.8) is 0 Å². The van der Waals surface area contributed by atoms with Crippen LogP contribution in [0.3, 0.4) is 0 Å². The first-order chi connectivity index (χ1) is 9.52. The van der Waals surface area contributed by atoms with E-state index in [1.54, 1.807) is 11.3 Å². The molecule has 0 bridgehead atoms. The third-order valence-electron chi connectivity index (χ3n) is 3.20. The van der Waals surface area contributed by atoms with Crippen molar-refractivity contribution in [1.82, 2.24) is 9.97 Å². The quantitative estimate of drug-likeness (QED) is 0.753. The van der Waals surface area contributed by atoms with E-state index in [0.29, 0.717) is 5.15 Å². The average Bonchev–Trinajstić information content (AvgIpc) is 2.92. The van der Waals surface area contributed by atoms with Gasteiger partial charge >= 0.3 is 0 Å². The molecule has 0 radical (unpaired) electrons. The van der Waals surface area contributed by atoms with E-state index < -0.39 is 0 Å². The van der Waals surface area contributed by atoms with Crippen molar-refractivity contribution < 1.29 is 0 Å². The Morgan fingerprint density at radius 1 is 1.35 bits per heavy atom. The second-order valence-corrected chi connectivity index (χ2v) is 6.46. The molecule has 2 heterocycles. The number of aromatic nitrogens is 2. The molecule has 5 heteroatoms. The highest BCUT2D eigenvalue weighted by molar-refractivity contribution is 7.09. The molecule has 0 unspecified atom stereocenters. The lowest BCUT2D eigenvalue weighted by molar-refractivity contribution is 0.745. The first kappa shape index (κ1) is 15.3. The van der Waals surface area contributed by atoms with E-state index in [1.807, 2.05) is 6.92 Å². The van der Waals surface area contributed by atoms with Crippen molar-refractivity contribution in [2.24, 2.45) is 0 Å². The normalized spacial score (nSPS) is 11.1. The van der Waals surface area contributed by atoms with Crippen LogP contribution in [-0.4, -0.2) is 16.5 Å². The van der Waals surface area contributed by atoms with Gasteiger partial charge in [0.05, 0.1) is 6.54 Å². The molecule has 0 saturated heterocycles. The van der Waals surface area contributed by atoms with Crippen LogP contribution in [0.25, 0.3) is 0 Å². The smallest absolute Gasteiger partial charge is 0.137 e. The predicted molar refractivity (Wildman–Crippen MR) is 86.9 cm³/mol. The van der Waals surface area contributed by atoms with E-state index in [1.165, 1.54) is 4.88 Å². The molecule has 0 spiro atoms. The lowest BCUT2D eigenvalue weighted by atomic mass is 10.2. The Morgan fingerprint density at radius 3 is 2.65 bits per heavy atom. The second kappa shape index (κ2) is 6.55. The fraction of sp³-hybridized carbons (Fsp3) is 0.467. The summed E-state index contributed by atoms with van der Waals surface area (Å²) in [6.07, 6.45) is 0. The number of nitrogens with zero attached hydrogens (tertiary/aromatic N) is 3. The SMILES string of the molecule is CCN(Cc1cccs1)c1nc(C(C)C)nc(Cl)c1C. The summed E-state index contributed by atoms with van der Waals surface area (Å²) in [6, 6.07) is 4.22. The summed E-state index contributed by atoms with van der Waals surface area (Å²) < 4.78 is 0. The minimum absolute atomic E-state index is 0.271. The molecule has 0 atom stereocenters. The molecule has 3 nitrogen and oxygen atoms in total. The lowest BCUT2D eigenvalue weighted by Gasteiger charge is -2.24. The Hall–Kier alpha value is -1.13. The highest BCUT2D eigenvalue weighted by atomic mass is 35.5. The van der Waals surface area contributed by atoms with Crippen molar-refractivity contribution in [2.45, 2.75) is 40.2 Å². The van der Waals surface area contributed by atoms with Crippen molar-refractivity contribution in [1.29, 1.82) is 0 Å². The summed E-state index contributed by atoms with van der Waals surface area (Å²) in [6.45, 7) is 10.0. The summed E-state index contributed by atoms with van der Waals surface area (Å²) in [4.78, 5) is 12.7. The standard InChI is InChI=1S/C15H20ClN3S/c1-5-19(9-12-7-6-8-20-12)15-11(4)13(16)17-14(18-15)10(2)3/h6-8,10H,5,9H2,1-4H3. The Balaban J connectivity index is 2.37. The average molecular weight is 310 g/mol. The number of thiophene rings is 1. The van der Waals surface area contributed by atoms with Gasteiger partial charge in [0.2, 0.25) is 0 Å². The number of rotatable bonds is 5. The van der Waals surface area contributed by atoms with Crippen LogP contribution in [-0.2, 0) is 6.54 Å². The van der Waals surface area contributed by atoms with Crippen LogP contribution < -0.4 is 4.90 Å². The molecule has 0 aliphatic heterocycles. The van der Waals surface area contributed by atoms with Crippen molar-refractivity contribution in [3.8, 4) is 0 Å². The highest BCUT2D eigenvalue weighted by Crippen LogP contribution is 2.27. The largest absolute Gasteiger partial charge is 0.351 e. The van der Waals surface area contributed by atoms with Gasteiger partial charge in [-0.25, -0.2) is 9.97 Å². The summed E-state index contributed by atoms with van der Waals surface area (Å²) in [5.74, 6) is 2.03. The molecule has 108 valence electrons. The first-order valence-corrected chi connectivity index (χ1v) is 8.10. The van der Waals surface area contributed by atoms with Gasteiger partial charge in [-0.1, -0.05) is 31.5 Å². The van der Waals surface area contributed by atoms with Crippen molar-refractivity contribution in [2.75, 3.05) is 11.4 Å². The van der Waals surface area contributed by atoms with Gasteiger partial charge < -0.3 is 4.90 Å². The molecule has 0 fully saturated rings.